The number of thiophene rings is 1. The van der Waals surface area contributed by atoms with Gasteiger partial charge >= 0.3 is 5.97 Å². The van der Waals surface area contributed by atoms with Gasteiger partial charge in [-0.2, -0.15) is 0 Å². The smallest absolute Gasteiger partial charge is 0.350 e. The number of carbonyl (C=O) groups is 2. The number of rotatable bonds is 4. The van der Waals surface area contributed by atoms with Crippen LogP contribution in [-0.4, -0.2) is 33.7 Å². The molecule has 0 unspecified atom stereocenters. The molecule has 0 radical (unpaired) electrons. The average Bonchev–Trinajstić information content (AvgIpc) is 2.99. The molecule has 6 nitrogen and oxygen atoms in total. The van der Waals surface area contributed by atoms with E-state index in [0.29, 0.717) is 11.1 Å². The van der Waals surface area contributed by atoms with Crippen LogP contribution in [0.15, 0.2) is 53.4 Å². The van der Waals surface area contributed by atoms with E-state index in [4.69, 9.17) is 4.74 Å². The number of carbonyl (C=O) groups excluding carboxylic acids is 2. The summed E-state index contributed by atoms with van der Waals surface area (Å²) in [5.74, 6) is -1.06. The number of amides is 1. The van der Waals surface area contributed by atoms with E-state index in [1.165, 1.54) is 42.7 Å². The zero-order valence-corrected chi connectivity index (χ0v) is 15.6. The minimum atomic E-state index is -3.43. The lowest BCUT2D eigenvalue weighted by Gasteiger charge is -2.08. The molecule has 0 aliphatic carbocycles. The summed E-state index contributed by atoms with van der Waals surface area (Å²) in [5.41, 5.74) is 0.534. The van der Waals surface area contributed by atoms with Crippen LogP contribution >= 0.6 is 11.3 Å². The largest absolute Gasteiger partial charge is 0.465 e. The van der Waals surface area contributed by atoms with Crippen molar-refractivity contribution in [3.8, 4) is 0 Å². The van der Waals surface area contributed by atoms with Crippen LogP contribution in [-0.2, 0) is 14.6 Å². The van der Waals surface area contributed by atoms with Crippen molar-refractivity contribution >= 4 is 48.8 Å². The number of hydrogen-bond acceptors (Lipinski definition) is 6. The number of methoxy groups -OCH3 is 1. The first-order chi connectivity index (χ1) is 12.3. The Bertz CT molecular complexity index is 1120. The van der Waals surface area contributed by atoms with Crippen LogP contribution in [0.2, 0.25) is 0 Å². The first-order valence-corrected chi connectivity index (χ1v) is 10.2. The van der Waals surface area contributed by atoms with Crippen LogP contribution in [0.25, 0.3) is 10.1 Å². The Kier molecular flexibility index (Phi) is 4.80. The van der Waals surface area contributed by atoms with E-state index in [1.54, 1.807) is 12.1 Å². The van der Waals surface area contributed by atoms with Crippen molar-refractivity contribution < 1.29 is 22.7 Å². The van der Waals surface area contributed by atoms with Crippen molar-refractivity contribution in [2.24, 2.45) is 0 Å². The number of benzene rings is 2. The van der Waals surface area contributed by atoms with Gasteiger partial charge in [0.25, 0.3) is 5.91 Å². The molecule has 0 saturated carbocycles. The fraction of sp³-hybridized carbons (Fsp3) is 0.111. The molecule has 26 heavy (non-hydrogen) atoms. The van der Waals surface area contributed by atoms with Gasteiger partial charge in [0, 0.05) is 21.9 Å². The Morgan fingerprint density at radius 2 is 1.81 bits per heavy atom. The van der Waals surface area contributed by atoms with E-state index in [1.807, 2.05) is 12.1 Å². The molecule has 0 saturated heterocycles. The zero-order valence-electron chi connectivity index (χ0n) is 14.0. The minimum absolute atomic E-state index is 0.0496. The Balaban J connectivity index is 2.04. The summed E-state index contributed by atoms with van der Waals surface area (Å²) < 4.78 is 29.0. The molecular weight excluding hydrogens is 374 g/mol. The van der Waals surface area contributed by atoms with Crippen LogP contribution in [0.4, 0.5) is 5.69 Å². The lowest BCUT2D eigenvalue weighted by molar-refractivity contribution is 0.0607. The summed E-state index contributed by atoms with van der Waals surface area (Å²) in [6.07, 6.45) is 1.08. The Morgan fingerprint density at radius 1 is 1.08 bits per heavy atom. The number of nitrogens with one attached hydrogen (secondary N) is 1. The van der Waals surface area contributed by atoms with Crippen molar-refractivity contribution in [2.75, 3.05) is 18.7 Å². The van der Waals surface area contributed by atoms with Crippen molar-refractivity contribution in [2.45, 2.75) is 4.90 Å². The van der Waals surface area contributed by atoms with Gasteiger partial charge in [0.05, 0.1) is 17.7 Å². The van der Waals surface area contributed by atoms with Crippen molar-refractivity contribution in [1.82, 2.24) is 0 Å². The van der Waals surface area contributed by atoms with Gasteiger partial charge in [-0.05, 0) is 24.3 Å². The highest BCUT2D eigenvalue weighted by atomic mass is 32.2. The molecule has 2 aromatic carbocycles. The van der Waals surface area contributed by atoms with Gasteiger partial charge in [0.15, 0.2) is 9.84 Å². The summed E-state index contributed by atoms with van der Waals surface area (Å²) >= 11 is 1.22. The van der Waals surface area contributed by atoms with E-state index in [2.05, 4.69) is 5.32 Å². The van der Waals surface area contributed by atoms with Gasteiger partial charge < -0.3 is 10.1 Å². The molecule has 1 amide bonds. The summed E-state index contributed by atoms with van der Waals surface area (Å²) in [7, 11) is -2.16. The maximum atomic E-state index is 12.6. The predicted octanol–water partition coefficient (Wildman–Crippen LogP) is 3.34. The van der Waals surface area contributed by atoms with Gasteiger partial charge in [-0.3, -0.25) is 4.79 Å². The number of fused-ring (bicyclic) bond motifs is 1. The third kappa shape index (κ3) is 3.47. The molecule has 1 heterocycles. The molecule has 0 aliphatic rings. The molecular formula is C18H15NO5S2. The fourth-order valence-electron chi connectivity index (χ4n) is 2.46. The highest BCUT2D eigenvalue weighted by Crippen LogP contribution is 2.36. The number of anilines is 1. The molecule has 1 aromatic heterocycles. The molecule has 1 N–H and O–H groups in total. The molecule has 3 aromatic rings. The molecule has 0 fully saturated rings. The van der Waals surface area contributed by atoms with E-state index < -0.39 is 21.7 Å². The first kappa shape index (κ1) is 18.1. The molecule has 0 aliphatic heterocycles. The van der Waals surface area contributed by atoms with Crippen LogP contribution in [0, 0.1) is 0 Å². The maximum absolute atomic E-state index is 12.6. The Hall–Kier alpha value is -2.71. The van der Waals surface area contributed by atoms with Crippen molar-refractivity contribution in [1.29, 1.82) is 0 Å². The van der Waals surface area contributed by atoms with Crippen LogP contribution in [0.1, 0.15) is 20.0 Å². The van der Waals surface area contributed by atoms with Crippen molar-refractivity contribution in [3.05, 3.63) is 59.0 Å². The minimum Gasteiger partial charge on any atom is -0.465 e. The molecule has 8 heteroatoms. The number of ether oxygens (including phenoxy) is 1. The standard InChI is InChI=1S/C18H15NO5S2/c1-24-18(21)16-15(13-8-3-4-9-14(13)25-16)19-17(20)11-6-5-7-12(10-11)26(2,22)23/h3-10H,1-2H3,(H,19,20). The van der Waals surface area contributed by atoms with Crippen LogP contribution in [0.5, 0.6) is 0 Å². The lowest BCUT2D eigenvalue weighted by Crippen LogP contribution is -2.14. The van der Waals surface area contributed by atoms with E-state index in [-0.39, 0.29) is 15.3 Å². The SMILES string of the molecule is COC(=O)c1sc2ccccc2c1NC(=O)c1cccc(S(C)(=O)=O)c1. The molecule has 0 spiro atoms. The fourth-order valence-corrected chi connectivity index (χ4v) is 4.20. The maximum Gasteiger partial charge on any atom is 0.350 e. The normalized spacial score (nSPS) is 11.3. The van der Waals surface area contributed by atoms with E-state index in [9.17, 15) is 18.0 Å². The highest BCUT2D eigenvalue weighted by molar-refractivity contribution is 7.90. The topological polar surface area (TPSA) is 89.5 Å². The monoisotopic (exact) mass is 389 g/mol. The summed E-state index contributed by atoms with van der Waals surface area (Å²) in [5, 5.41) is 3.43. The van der Waals surface area contributed by atoms with Gasteiger partial charge in [0.2, 0.25) is 0 Å². The van der Waals surface area contributed by atoms with E-state index in [0.717, 1.165) is 11.0 Å². The van der Waals surface area contributed by atoms with Crippen LogP contribution < -0.4 is 5.32 Å². The van der Waals surface area contributed by atoms with Gasteiger partial charge in [-0.15, -0.1) is 11.3 Å². The predicted molar refractivity (Wildman–Crippen MR) is 101 cm³/mol. The summed E-state index contributed by atoms with van der Waals surface area (Å²) in [6.45, 7) is 0. The molecule has 3 rings (SSSR count). The molecule has 0 atom stereocenters. The second-order valence-corrected chi connectivity index (χ2v) is 8.62. The molecule has 134 valence electrons. The summed E-state index contributed by atoms with van der Waals surface area (Å²) in [6, 6.07) is 13.0. The van der Waals surface area contributed by atoms with Crippen LogP contribution in [0.3, 0.4) is 0 Å². The quantitative estimate of drug-likeness (QED) is 0.691. The van der Waals surface area contributed by atoms with Gasteiger partial charge in [-0.25, -0.2) is 13.2 Å². The summed E-state index contributed by atoms with van der Waals surface area (Å²) in [4.78, 5) is 25.0. The highest BCUT2D eigenvalue weighted by Gasteiger charge is 2.21. The Labute approximate surface area is 154 Å². The third-order valence-corrected chi connectivity index (χ3v) is 5.99. The Morgan fingerprint density at radius 3 is 2.50 bits per heavy atom. The second-order valence-electron chi connectivity index (χ2n) is 5.55. The lowest BCUT2D eigenvalue weighted by atomic mass is 10.2. The van der Waals surface area contributed by atoms with Gasteiger partial charge in [0.1, 0.15) is 4.88 Å². The zero-order chi connectivity index (χ0) is 18.9. The number of esters is 1. The van der Waals surface area contributed by atoms with Crippen molar-refractivity contribution in [3.63, 3.8) is 0 Å². The average molecular weight is 389 g/mol. The number of hydrogen-bond donors (Lipinski definition) is 1. The number of sulfone groups is 1. The first-order valence-electron chi connectivity index (χ1n) is 7.52. The second kappa shape index (κ2) is 6.89. The molecule has 0 bridgehead atoms. The third-order valence-electron chi connectivity index (χ3n) is 3.73. The van der Waals surface area contributed by atoms with Gasteiger partial charge in [-0.1, -0.05) is 24.3 Å². The van der Waals surface area contributed by atoms with E-state index >= 15 is 0 Å².